The molecule has 2 aliphatic rings. The van der Waals surface area contributed by atoms with Gasteiger partial charge in [-0.3, -0.25) is 19.6 Å². The minimum absolute atomic E-state index is 0.0489. The van der Waals surface area contributed by atoms with Crippen molar-refractivity contribution in [1.82, 2.24) is 20.2 Å². The summed E-state index contributed by atoms with van der Waals surface area (Å²) < 4.78 is 5.66. The van der Waals surface area contributed by atoms with Crippen LogP contribution in [-0.4, -0.2) is 46.3 Å². The Hall–Kier alpha value is -3.74. The van der Waals surface area contributed by atoms with Crippen LogP contribution in [0, 0.1) is 11.3 Å². The first kappa shape index (κ1) is 19.9. The number of aromatic nitrogens is 2. The van der Waals surface area contributed by atoms with E-state index in [0.29, 0.717) is 23.8 Å². The predicted octanol–water partition coefficient (Wildman–Crippen LogP) is 4.05. The fraction of sp³-hybridized carbons (Fsp3) is 0.308. The Morgan fingerprint density at radius 3 is 2.64 bits per heavy atom. The standard InChI is InChI=1S/C26H24N4O3/c31-24(23-14-17-3-1-2-4-22(17)33-23)29-16-19-15-26(19)7-11-30(12-8-26)25(32)18-5-6-20-21(13-18)28-10-9-27-20/h1-6,9-10,13-14,19H,7-8,11-12,15-16H2,(H,29,31). The first-order valence-corrected chi connectivity index (χ1v) is 11.4. The molecule has 1 aliphatic carbocycles. The van der Waals surface area contributed by atoms with E-state index < -0.39 is 0 Å². The summed E-state index contributed by atoms with van der Waals surface area (Å²) in [5.41, 5.74) is 3.15. The Balaban J connectivity index is 1.04. The number of benzene rings is 2. The van der Waals surface area contributed by atoms with Crippen molar-refractivity contribution in [2.45, 2.75) is 19.3 Å². The van der Waals surface area contributed by atoms with Gasteiger partial charge in [-0.05, 0) is 60.9 Å². The predicted molar refractivity (Wildman–Crippen MR) is 124 cm³/mol. The summed E-state index contributed by atoms with van der Waals surface area (Å²) in [5, 5.41) is 3.98. The number of furan rings is 1. The van der Waals surface area contributed by atoms with E-state index in [2.05, 4.69) is 15.3 Å². The van der Waals surface area contributed by atoms with Crippen LogP contribution in [0.1, 0.15) is 40.2 Å². The number of fused-ring (bicyclic) bond motifs is 2. The van der Waals surface area contributed by atoms with Gasteiger partial charge >= 0.3 is 0 Å². The number of hydrogen-bond donors (Lipinski definition) is 1. The minimum atomic E-state index is -0.166. The van der Waals surface area contributed by atoms with Crippen LogP contribution in [0.3, 0.4) is 0 Å². The average Bonchev–Trinajstić information content (AvgIpc) is 3.33. The lowest BCUT2D eigenvalue weighted by molar-refractivity contribution is 0.0669. The third-order valence-electron chi connectivity index (χ3n) is 7.28. The summed E-state index contributed by atoms with van der Waals surface area (Å²) in [6.07, 6.45) is 6.33. The van der Waals surface area contributed by atoms with Crippen LogP contribution in [0.2, 0.25) is 0 Å². The lowest BCUT2D eigenvalue weighted by Gasteiger charge is -2.33. The first-order chi connectivity index (χ1) is 16.1. The molecule has 1 unspecified atom stereocenters. The van der Waals surface area contributed by atoms with Crippen molar-refractivity contribution < 1.29 is 14.0 Å². The van der Waals surface area contributed by atoms with E-state index in [1.165, 1.54) is 0 Å². The van der Waals surface area contributed by atoms with Crippen molar-refractivity contribution in [3.05, 3.63) is 72.2 Å². The number of hydrogen-bond acceptors (Lipinski definition) is 5. The lowest BCUT2D eigenvalue weighted by Crippen LogP contribution is -2.40. The maximum Gasteiger partial charge on any atom is 0.287 e. The molecule has 2 aromatic heterocycles. The maximum atomic E-state index is 13.0. The van der Waals surface area contributed by atoms with Gasteiger partial charge in [0.2, 0.25) is 0 Å². The number of nitrogens with one attached hydrogen (secondary N) is 1. The Morgan fingerprint density at radius 2 is 1.82 bits per heavy atom. The number of carbonyl (C=O) groups excluding carboxylic acids is 2. The lowest BCUT2D eigenvalue weighted by atomic mass is 9.90. The van der Waals surface area contributed by atoms with Gasteiger partial charge in [0.25, 0.3) is 11.8 Å². The van der Waals surface area contributed by atoms with Crippen molar-refractivity contribution in [2.24, 2.45) is 11.3 Å². The summed E-state index contributed by atoms with van der Waals surface area (Å²) in [6.45, 7) is 2.13. The molecule has 7 heteroatoms. The van der Waals surface area contributed by atoms with Gasteiger partial charge in [0.05, 0.1) is 11.0 Å². The Bertz CT molecular complexity index is 1340. The molecule has 1 spiro atoms. The number of likely N-dealkylation sites (tertiary alicyclic amines) is 1. The quantitative estimate of drug-likeness (QED) is 0.517. The zero-order valence-corrected chi connectivity index (χ0v) is 18.2. The van der Waals surface area contributed by atoms with Crippen LogP contribution in [0.15, 0.2) is 65.3 Å². The van der Waals surface area contributed by atoms with E-state index in [0.717, 1.165) is 54.4 Å². The first-order valence-electron chi connectivity index (χ1n) is 11.4. The van der Waals surface area contributed by atoms with Crippen LogP contribution in [0.4, 0.5) is 0 Å². The molecule has 4 aromatic rings. The van der Waals surface area contributed by atoms with Gasteiger partial charge in [-0.15, -0.1) is 0 Å². The topological polar surface area (TPSA) is 88.3 Å². The molecular weight excluding hydrogens is 416 g/mol. The minimum Gasteiger partial charge on any atom is -0.451 e. The van der Waals surface area contributed by atoms with E-state index in [-0.39, 0.29) is 17.2 Å². The van der Waals surface area contributed by atoms with Gasteiger partial charge < -0.3 is 14.6 Å². The van der Waals surface area contributed by atoms with Gasteiger partial charge in [-0.1, -0.05) is 18.2 Å². The van der Waals surface area contributed by atoms with Crippen molar-refractivity contribution in [3.8, 4) is 0 Å². The molecule has 0 bridgehead atoms. The van der Waals surface area contributed by atoms with Crippen molar-refractivity contribution in [1.29, 1.82) is 0 Å². The number of piperidine rings is 1. The molecule has 1 atom stereocenters. The van der Waals surface area contributed by atoms with Gasteiger partial charge in [-0.2, -0.15) is 0 Å². The molecule has 6 rings (SSSR count). The van der Waals surface area contributed by atoms with E-state index in [9.17, 15) is 9.59 Å². The summed E-state index contributed by atoms with van der Waals surface area (Å²) in [7, 11) is 0. The second-order valence-corrected chi connectivity index (χ2v) is 9.17. The van der Waals surface area contributed by atoms with Gasteiger partial charge in [0, 0.05) is 43.0 Å². The number of rotatable bonds is 4. The second-order valence-electron chi connectivity index (χ2n) is 9.17. The van der Waals surface area contributed by atoms with Crippen LogP contribution in [0.5, 0.6) is 0 Å². The second kappa shape index (κ2) is 7.69. The largest absolute Gasteiger partial charge is 0.451 e. The highest BCUT2D eigenvalue weighted by molar-refractivity contribution is 5.97. The third kappa shape index (κ3) is 3.63. The van der Waals surface area contributed by atoms with Gasteiger partial charge in [-0.25, -0.2) is 0 Å². The smallest absolute Gasteiger partial charge is 0.287 e. The van der Waals surface area contributed by atoms with Crippen LogP contribution in [-0.2, 0) is 0 Å². The number of para-hydroxylation sites is 1. The van der Waals surface area contributed by atoms with Gasteiger partial charge in [0.1, 0.15) is 5.58 Å². The Kier molecular flexibility index (Phi) is 4.64. The molecule has 1 saturated carbocycles. The highest BCUT2D eigenvalue weighted by atomic mass is 16.3. The molecule has 1 N–H and O–H groups in total. The zero-order valence-electron chi connectivity index (χ0n) is 18.2. The number of nitrogens with zero attached hydrogens (tertiary/aromatic N) is 3. The SMILES string of the molecule is O=C(NCC1CC12CCN(C(=O)c1ccc3nccnc3c1)CC2)c1cc2ccccc2o1. The molecule has 3 heterocycles. The summed E-state index contributed by atoms with van der Waals surface area (Å²) in [6, 6.07) is 14.9. The molecule has 2 aromatic carbocycles. The monoisotopic (exact) mass is 440 g/mol. The molecule has 1 saturated heterocycles. The highest BCUT2D eigenvalue weighted by Gasteiger charge is 2.54. The molecule has 2 fully saturated rings. The molecular formula is C26H24N4O3. The van der Waals surface area contributed by atoms with Crippen molar-refractivity contribution >= 4 is 33.8 Å². The van der Waals surface area contributed by atoms with Crippen LogP contribution in [0.25, 0.3) is 22.0 Å². The van der Waals surface area contributed by atoms with Gasteiger partial charge in [0.15, 0.2) is 5.76 Å². The normalized spacial score (nSPS) is 19.2. The maximum absolute atomic E-state index is 13.0. The van der Waals surface area contributed by atoms with Crippen molar-refractivity contribution in [2.75, 3.05) is 19.6 Å². The molecule has 33 heavy (non-hydrogen) atoms. The van der Waals surface area contributed by atoms with E-state index >= 15 is 0 Å². The van der Waals surface area contributed by atoms with Crippen molar-refractivity contribution in [3.63, 3.8) is 0 Å². The zero-order chi connectivity index (χ0) is 22.4. The summed E-state index contributed by atoms with van der Waals surface area (Å²) in [5.74, 6) is 0.693. The fourth-order valence-corrected chi connectivity index (χ4v) is 5.16. The van der Waals surface area contributed by atoms with E-state index in [1.54, 1.807) is 18.5 Å². The molecule has 1 aliphatic heterocycles. The Morgan fingerprint density at radius 1 is 1.03 bits per heavy atom. The van der Waals surface area contributed by atoms with E-state index in [1.807, 2.05) is 47.4 Å². The van der Waals surface area contributed by atoms with Crippen LogP contribution < -0.4 is 5.32 Å². The average molecular weight is 441 g/mol. The number of amides is 2. The van der Waals surface area contributed by atoms with E-state index in [4.69, 9.17) is 4.42 Å². The highest BCUT2D eigenvalue weighted by Crippen LogP contribution is 2.59. The summed E-state index contributed by atoms with van der Waals surface area (Å²) in [4.78, 5) is 36.1. The Labute approximate surface area is 190 Å². The fourth-order valence-electron chi connectivity index (χ4n) is 5.16. The molecule has 7 nitrogen and oxygen atoms in total. The molecule has 0 radical (unpaired) electrons. The molecule has 2 amide bonds. The number of carbonyl (C=O) groups is 2. The van der Waals surface area contributed by atoms with Crippen LogP contribution >= 0.6 is 0 Å². The molecule has 166 valence electrons. The summed E-state index contributed by atoms with van der Waals surface area (Å²) >= 11 is 0. The third-order valence-corrected chi connectivity index (χ3v) is 7.28.